The zero-order valence-electron chi connectivity index (χ0n) is 11.5. The van der Waals surface area contributed by atoms with Gasteiger partial charge in [0.05, 0.1) is 0 Å². The fourth-order valence-electron chi connectivity index (χ4n) is 2.67. The van der Waals surface area contributed by atoms with E-state index in [1.54, 1.807) is 0 Å². The van der Waals surface area contributed by atoms with E-state index in [0.717, 1.165) is 11.8 Å². The van der Waals surface area contributed by atoms with Gasteiger partial charge in [-0.25, -0.2) is 0 Å². The first-order valence-electron chi connectivity index (χ1n) is 7.23. The lowest BCUT2D eigenvalue weighted by Crippen LogP contribution is -2.40. The Hall–Kier alpha value is -0.0800. The fraction of sp³-hybridized carbons (Fsp3) is 1.00. The highest BCUT2D eigenvalue weighted by Crippen LogP contribution is 2.15. The third kappa shape index (κ3) is 4.84. The minimum absolute atomic E-state index is 0.880. The molecule has 1 aliphatic heterocycles. The zero-order chi connectivity index (χ0) is 11.8. The number of nitrogens with one attached hydrogen (secondary N) is 1. The van der Waals surface area contributed by atoms with Crippen molar-refractivity contribution in [3.8, 4) is 0 Å². The molecule has 0 spiro atoms. The van der Waals surface area contributed by atoms with Crippen molar-refractivity contribution in [3.05, 3.63) is 0 Å². The van der Waals surface area contributed by atoms with E-state index in [2.05, 4.69) is 31.0 Å². The Balaban J connectivity index is 2.12. The van der Waals surface area contributed by atoms with Crippen LogP contribution in [0.15, 0.2) is 0 Å². The minimum Gasteiger partial charge on any atom is -0.316 e. The van der Waals surface area contributed by atoms with Crippen molar-refractivity contribution in [1.29, 1.82) is 0 Å². The van der Waals surface area contributed by atoms with Crippen LogP contribution >= 0.6 is 0 Å². The minimum atomic E-state index is 0.880. The number of hydrogen-bond acceptors (Lipinski definition) is 2. The van der Waals surface area contributed by atoms with Crippen molar-refractivity contribution in [2.75, 3.05) is 32.7 Å². The molecule has 1 atom stereocenters. The summed E-state index contributed by atoms with van der Waals surface area (Å²) in [6, 6.07) is 0. The lowest BCUT2D eigenvalue weighted by Gasteiger charge is -2.32. The summed E-state index contributed by atoms with van der Waals surface area (Å²) < 4.78 is 0. The summed E-state index contributed by atoms with van der Waals surface area (Å²) >= 11 is 0. The van der Waals surface area contributed by atoms with Gasteiger partial charge in [-0.05, 0) is 50.9 Å². The molecule has 0 radical (unpaired) electrons. The van der Waals surface area contributed by atoms with Crippen molar-refractivity contribution in [2.24, 2.45) is 11.8 Å². The molecular weight excluding hydrogens is 196 g/mol. The van der Waals surface area contributed by atoms with Gasteiger partial charge in [-0.2, -0.15) is 0 Å². The van der Waals surface area contributed by atoms with Crippen LogP contribution in [-0.4, -0.2) is 37.6 Å². The molecule has 1 aliphatic rings. The average molecular weight is 226 g/mol. The summed E-state index contributed by atoms with van der Waals surface area (Å²) in [6.45, 7) is 13.2. The van der Waals surface area contributed by atoms with Gasteiger partial charge in [0.1, 0.15) is 0 Å². The van der Waals surface area contributed by atoms with E-state index in [0.29, 0.717) is 0 Å². The van der Waals surface area contributed by atoms with E-state index in [-0.39, 0.29) is 0 Å². The summed E-state index contributed by atoms with van der Waals surface area (Å²) in [5, 5.41) is 3.68. The molecule has 1 fully saturated rings. The molecule has 2 nitrogen and oxygen atoms in total. The first-order valence-corrected chi connectivity index (χ1v) is 7.23. The molecule has 0 aromatic rings. The first kappa shape index (κ1) is 14.0. The Morgan fingerprint density at radius 1 is 1.25 bits per heavy atom. The van der Waals surface area contributed by atoms with E-state index in [1.165, 1.54) is 58.4 Å². The number of nitrogens with zero attached hydrogens (tertiary/aromatic N) is 1. The molecule has 0 bridgehead atoms. The van der Waals surface area contributed by atoms with Crippen molar-refractivity contribution in [3.63, 3.8) is 0 Å². The summed E-state index contributed by atoms with van der Waals surface area (Å²) in [4.78, 5) is 2.59. The van der Waals surface area contributed by atoms with Crippen LogP contribution in [0.25, 0.3) is 0 Å². The van der Waals surface area contributed by atoms with Crippen LogP contribution in [0.5, 0.6) is 0 Å². The van der Waals surface area contributed by atoms with Gasteiger partial charge in [-0.15, -0.1) is 0 Å². The highest BCUT2D eigenvalue weighted by atomic mass is 15.1. The molecule has 16 heavy (non-hydrogen) atoms. The number of hydrogen-bond donors (Lipinski definition) is 1. The maximum absolute atomic E-state index is 3.68. The second-order valence-electron chi connectivity index (χ2n) is 5.24. The van der Waals surface area contributed by atoms with Crippen LogP contribution in [0, 0.1) is 11.8 Å². The number of likely N-dealkylation sites (tertiary alicyclic amines) is 1. The summed E-state index contributed by atoms with van der Waals surface area (Å²) in [7, 11) is 0. The van der Waals surface area contributed by atoms with Crippen LogP contribution in [0.3, 0.4) is 0 Å². The van der Waals surface area contributed by atoms with Crippen molar-refractivity contribution in [1.82, 2.24) is 10.2 Å². The molecule has 0 saturated carbocycles. The van der Waals surface area contributed by atoms with Gasteiger partial charge >= 0.3 is 0 Å². The predicted molar refractivity (Wildman–Crippen MR) is 71.8 cm³/mol. The zero-order valence-corrected chi connectivity index (χ0v) is 11.5. The smallest absolute Gasteiger partial charge is 0.00217 e. The Labute approximate surface area is 102 Å². The molecule has 1 unspecified atom stereocenters. The van der Waals surface area contributed by atoms with Gasteiger partial charge in [0.2, 0.25) is 0 Å². The van der Waals surface area contributed by atoms with Gasteiger partial charge in [-0.3, -0.25) is 0 Å². The molecule has 1 saturated heterocycles. The molecule has 0 aromatic heterocycles. The third-order valence-electron chi connectivity index (χ3n) is 4.07. The lowest BCUT2D eigenvalue weighted by molar-refractivity contribution is 0.179. The SMILES string of the molecule is CCC(CC)CNCC1CCCN(CC)C1. The van der Waals surface area contributed by atoms with E-state index >= 15 is 0 Å². The number of piperidine rings is 1. The van der Waals surface area contributed by atoms with Gasteiger partial charge in [-0.1, -0.05) is 33.6 Å². The largest absolute Gasteiger partial charge is 0.316 e. The summed E-state index contributed by atoms with van der Waals surface area (Å²) in [5.74, 6) is 1.77. The quantitative estimate of drug-likeness (QED) is 0.718. The molecule has 0 amide bonds. The van der Waals surface area contributed by atoms with Crippen LogP contribution < -0.4 is 5.32 Å². The highest BCUT2D eigenvalue weighted by Gasteiger charge is 2.18. The summed E-state index contributed by atoms with van der Waals surface area (Å²) in [5.41, 5.74) is 0. The number of rotatable bonds is 7. The van der Waals surface area contributed by atoms with Crippen LogP contribution in [0.2, 0.25) is 0 Å². The molecule has 1 N–H and O–H groups in total. The second kappa shape index (κ2) is 8.08. The molecule has 1 rings (SSSR count). The highest BCUT2D eigenvalue weighted by molar-refractivity contribution is 4.74. The van der Waals surface area contributed by atoms with Crippen molar-refractivity contribution < 1.29 is 0 Å². The van der Waals surface area contributed by atoms with E-state index in [1.807, 2.05) is 0 Å². The van der Waals surface area contributed by atoms with E-state index in [4.69, 9.17) is 0 Å². The predicted octanol–water partition coefficient (Wildman–Crippen LogP) is 2.74. The van der Waals surface area contributed by atoms with Gasteiger partial charge in [0.25, 0.3) is 0 Å². The topological polar surface area (TPSA) is 15.3 Å². The van der Waals surface area contributed by atoms with E-state index < -0.39 is 0 Å². The monoisotopic (exact) mass is 226 g/mol. The maximum Gasteiger partial charge on any atom is 0.00217 e. The van der Waals surface area contributed by atoms with Crippen LogP contribution in [0.1, 0.15) is 46.5 Å². The fourth-order valence-corrected chi connectivity index (χ4v) is 2.67. The van der Waals surface area contributed by atoms with Crippen LogP contribution in [-0.2, 0) is 0 Å². The van der Waals surface area contributed by atoms with Gasteiger partial charge in [0, 0.05) is 6.54 Å². The van der Waals surface area contributed by atoms with E-state index in [9.17, 15) is 0 Å². The van der Waals surface area contributed by atoms with Crippen LogP contribution in [0.4, 0.5) is 0 Å². The Bertz CT molecular complexity index is 166. The standard InChI is InChI=1S/C14H30N2/c1-4-13(5-2)10-15-11-14-8-7-9-16(6-3)12-14/h13-15H,4-12H2,1-3H3. The molecule has 1 heterocycles. The van der Waals surface area contributed by atoms with Crippen molar-refractivity contribution >= 4 is 0 Å². The Kier molecular flexibility index (Phi) is 7.06. The average Bonchev–Trinajstić information content (AvgIpc) is 2.35. The molecule has 0 aliphatic carbocycles. The molecule has 0 aromatic carbocycles. The molecular formula is C14H30N2. The second-order valence-corrected chi connectivity index (χ2v) is 5.24. The Morgan fingerprint density at radius 3 is 2.62 bits per heavy atom. The third-order valence-corrected chi connectivity index (χ3v) is 4.07. The lowest BCUT2D eigenvalue weighted by atomic mass is 9.97. The Morgan fingerprint density at radius 2 is 2.00 bits per heavy atom. The van der Waals surface area contributed by atoms with Gasteiger partial charge < -0.3 is 10.2 Å². The van der Waals surface area contributed by atoms with Crippen molar-refractivity contribution in [2.45, 2.75) is 46.5 Å². The normalized spacial score (nSPS) is 22.9. The molecule has 96 valence electrons. The maximum atomic E-state index is 3.68. The first-order chi connectivity index (χ1) is 7.80. The van der Waals surface area contributed by atoms with Gasteiger partial charge in [0.15, 0.2) is 0 Å². The summed E-state index contributed by atoms with van der Waals surface area (Å²) in [6.07, 6.45) is 5.45. The molecule has 2 heteroatoms.